The van der Waals surface area contributed by atoms with Gasteiger partial charge in [0.2, 0.25) is 15.9 Å². The Bertz CT molecular complexity index is 848. The lowest BCUT2D eigenvalue weighted by atomic mass is 10.2. The predicted molar refractivity (Wildman–Crippen MR) is 97.2 cm³/mol. The number of hydrogen-bond acceptors (Lipinski definition) is 4. The first-order valence-corrected chi connectivity index (χ1v) is 9.25. The Morgan fingerprint density at radius 3 is 2.52 bits per heavy atom. The number of nitrogens with one attached hydrogen (secondary N) is 1. The van der Waals surface area contributed by atoms with Gasteiger partial charge in [0.1, 0.15) is 5.75 Å². The Morgan fingerprint density at radius 2 is 1.84 bits per heavy atom. The second-order valence-corrected chi connectivity index (χ2v) is 7.88. The van der Waals surface area contributed by atoms with Crippen LogP contribution in [0.2, 0.25) is 0 Å². The monoisotopic (exact) mass is 362 g/mol. The summed E-state index contributed by atoms with van der Waals surface area (Å²) in [5.41, 5.74) is 1.44. The molecule has 0 aliphatic heterocycles. The summed E-state index contributed by atoms with van der Waals surface area (Å²) in [5.74, 6) is 0.502. The van der Waals surface area contributed by atoms with Gasteiger partial charge < -0.3 is 10.1 Å². The number of rotatable bonds is 7. The molecule has 2 rings (SSSR count). The number of para-hydroxylation sites is 1. The Balaban J connectivity index is 1.94. The third-order valence-electron chi connectivity index (χ3n) is 3.58. The van der Waals surface area contributed by atoms with Gasteiger partial charge in [-0.1, -0.05) is 24.3 Å². The zero-order valence-corrected chi connectivity index (χ0v) is 15.3. The molecule has 0 radical (unpaired) electrons. The van der Waals surface area contributed by atoms with E-state index < -0.39 is 10.0 Å². The first kappa shape index (κ1) is 19.0. The molecule has 0 fully saturated rings. The van der Waals surface area contributed by atoms with Gasteiger partial charge in [0.25, 0.3) is 0 Å². The van der Waals surface area contributed by atoms with Gasteiger partial charge >= 0.3 is 0 Å². The van der Waals surface area contributed by atoms with Crippen molar-refractivity contribution < 1.29 is 17.9 Å². The van der Waals surface area contributed by atoms with E-state index in [0.29, 0.717) is 5.69 Å². The molecule has 0 saturated heterocycles. The molecule has 134 valence electrons. The molecule has 25 heavy (non-hydrogen) atoms. The molecule has 2 aromatic rings. The maximum atomic E-state index is 12.1. The zero-order chi connectivity index (χ0) is 18.4. The van der Waals surface area contributed by atoms with Gasteiger partial charge in [-0.05, 0) is 36.8 Å². The Hall–Kier alpha value is -2.38. The average Bonchev–Trinajstić information content (AvgIpc) is 2.56. The van der Waals surface area contributed by atoms with Gasteiger partial charge in [0, 0.05) is 19.8 Å². The van der Waals surface area contributed by atoms with Crippen LogP contribution in [0, 0.1) is 6.92 Å². The minimum atomic E-state index is -3.54. The highest BCUT2D eigenvalue weighted by molar-refractivity contribution is 7.89. The largest absolute Gasteiger partial charge is 0.493 e. The molecule has 0 bridgehead atoms. The van der Waals surface area contributed by atoms with Crippen LogP contribution in [0.4, 0.5) is 5.69 Å². The lowest BCUT2D eigenvalue weighted by molar-refractivity contribution is -0.116. The molecule has 0 aliphatic rings. The van der Waals surface area contributed by atoms with E-state index in [-0.39, 0.29) is 23.8 Å². The van der Waals surface area contributed by atoms with Gasteiger partial charge in [-0.2, -0.15) is 0 Å². The third kappa shape index (κ3) is 5.04. The molecule has 1 N–H and O–H groups in total. The topological polar surface area (TPSA) is 75.7 Å². The van der Waals surface area contributed by atoms with E-state index >= 15 is 0 Å². The van der Waals surface area contributed by atoms with Crippen molar-refractivity contribution in [2.45, 2.75) is 18.2 Å². The second kappa shape index (κ2) is 8.13. The number of benzene rings is 2. The molecule has 0 atom stereocenters. The van der Waals surface area contributed by atoms with Crippen molar-refractivity contribution in [3.63, 3.8) is 0 Å². The van der Waals surface area contributed by atoms with Crippen LogP contribution in [-0.4, -0.2) is 39.3 Å². The minimum absolute atomic E-state index is 0.131. The normalized spacial score (nSPS) is 11.4. The van der Waals surface area contributed by atoms with Crippen molar-refractivity contribution in [2.24, 2.45) is 0 Å². The molecule has 0 aliphatic carbocycles. The van der Waals surface area contributed by atoms with Gasteiger partial charge in [-0.25, -0.2) is 12.7 Å². The molecule has 7 heteroatoms. The third-order valence-corrected chi connectivity index (χ3v) is 5.39. The molecule has 0 aromatic heterocycles. The standard InChI is InChI=1S/C18H22N2O4S/c1-14-7-4-5-10-17(14)24-12-11-18(21)19-15-8-6-9-16(13-15)25(22,23)20(2)3/h4-10,13H,11-12H2,1-3H3,(H,19,21). The lowest BCUT2D eigenvalue weighted by Crippen LogP contribution is -2.22. The van der Waals surface area contributed by atoms with Gasteiger partial charge in [-0.3, -0.25) is 4.79 Å². The number of aryl methyl sites for hydroxylation is 1. The van der Waals surface area contributed by atoms with E-state index in [2.05, 4.69) is 5.32 Å². The highest BCUT2D eigenvalue weighted by atomic mass is 32.2. The van der Waals surface area contributed by atoms with E-state index in [1.54, 1.807) is 12.1 Å². The summed E-state index contributed by atoms with van der Waals surface area (Å²) in [6.07, 6.45) is 0.166. The molecular weight excluding hydrogens is 340 g/mol. The molecule has 2 aromatic carbocycles. The Kier molecular flexibility index (Phi) is 6.17. The molecule has 0 heterocycles. The van der Waals surface area contributed by atoms with Gasteiger partial charge in [0.15, 0.2) is 0 Å². The maximum Gasteiger partial charge on any atom is 0.242 e. The van der Waals surface area contributed by atoms with E-state index in [1.807, 2.05) is 31.2 Å². The van der Waals surface area contributed by atoms with Crippen molar-refractivity contribution in [1.29, 1.82) is 0 Å². The fourth-order valence-corrected chi connectivity index (χ4v) is 3.09. The fraction of sp³-hybridized carbons (Fsp3) is 0.278. The number of anilines is 1. The van der Waals surface area contributed by atoms with Crippen LogP contribution in [0.1, 0.15) is 12.0 Å². The van der Waals surface area contributed by atoms with Crippen molar-refractivity contribution >= 4 is 21.6 Å². The van der Waals surface area contributed by atoms with E-state index in [4.69, 9.17) is 4.74 Å². The highest BCUT2D eigenvalue weighted by Gasteiger charge is 2.17. The van der Waals surface area contributed by atoms with E-state index in [9.17, 15) is 13.2 Å². The van der Waals surface area contributed by atoms with Crippen LogP contribution < -0.4 is 10.1 Å². The molecule has 1 amide bonds. The van der Waals surface area contributed by atoms with Crippen molar-refractivity contribution in [1.82, 2.24) is 4.31 Å². The summed E-state index contributed by atoms with van der Waals surface area (Å²) in [6, 6.07) is 13.8. The first-order valence-electron chi connectivity index (χ1n) is 7.81. The Labute approximate surface area is 148 Å². The van der Waals surface area contributed by atoms with Crippen LogP contribution in [0.15, 0.2) is 53.4 Å². The molecule has 0 saturated carbocycles. The van der Waals surface area contributed by atoms with Gasteiger partial charge in [-0.15, -0.1) is 0 Å². The Morgan fingerprint density at radius 1 is 1.12 bits per heavy atom. The van der Waals surface area contributed by atoms with Crippen LogP contribution in [0.3, 0.4) is 0 Å². The number of amides is 1. The first-order chi connectivity index (χ1) is 11.8. The number of nitrogens with zero attached hydrogens (tertiary/aromatic N) is 1. The summed E-state index contributed by atoms with van der Waals surface area (Å²) in [6.45, 7) is 2.18. The van der Waals surface area contributed by atoms with Crippen molar-refractivity contribution in [2.75, 3.05) is 26.0 Å². The number of carbonyl (C=O) groups excluding carboxylic acids is 1. The number of carbonyl (C=O) groups is 1. The fourth-order valence-electron chi connectivity index (χ4n) is 2.14. The molecular formula is C18H22N2O4S. The zero-order valence-electron chi connectivity index (χ0n) is 14.5. The van der Waals surface area contributed by atoms with Crippen LogP contribution in [0.5, 0.6) is 5.75 Å². The average molecular weight is 362 g/mol. The highest BCUT2D eigenvalue weighted by Crippen LogP contribution is 2.19. The summed E-state index contributed by atoms with van der Waals surface area (Å²) < 4.78 is 31.0. The van der Waals surface area contributed by atoms with Crippen LogP contribution in [-0.2, 0) is 14.8 Å². The number of sulfonamides is 1. The number of ether oxygens (including phenoxy) is 1. The number of hydrogen-bond donors (Lipinski definition) is 1. The van der Waals surface area contributed by atoms with Crippen LogP contribution in [0.25, 0.3) is 0 Å². The quantitative estimate of drug-likeness (QED) is 0.822. The lowest BCUT2D eigenvalue weighted by Gasteiger charge is -2.13. The SMILES string of the molecule is Cc1ccccc1OCCC(=O)Nc1cccc(S(=O)(=O)N(C)C)c1. The van der Waals surface area contributed by atoms with Crippen molar-refractivity contribution in [3.8, 4) is 5.75 Å². The maximum absolute atomic E-state index is 12.1. The summed E-state index contributed by atoms with van der Waals surface area (Å²) >= 11 is 0. The summed E-state index contributed by atoms with van der Waals surface area (Å²) in [4.78, 5) is 12.2. The van der Waals surface area contributed by atoms with Gasteiger partial charge in [0.05, 0.1) is 17.9 Å². The van der Waals surface area contributed by atoms with Crippen LogP contribution >= 0.6 is 0 Å². The smallest absolute Gasteiger partial charge is 0.242 e. The molecule has 6 nitrogen and oxygen atoms in total. The molecule has 0 unspecified atom stereocenters. The minimum Gasteiger partial charge on any atom is -0.493 e. The second-order valence-electron chi connectivity index (χ2n) is 5.73. The predicted octanol–water partition coefficient (Wildman–Crippen LogP) is 2.65. The summed E-state index contributed by atoms with van der Waals surface area (Å²) in [7, 11) is -0.612. The van der Waals surface area contributed by atoms with E-state index in [1.165, 1.54) is 26.2 Å². The summed E-state index contributed by atoms with van der Waals surface area (Å²) in [5, 5.41) is 2.69. The molecule has 0 spiro atoms. The van der Waals surface area contributed by atoms with Crippen molar-refractivity contribution in [3.05, 3.63) is 54.1 Å². The van der Waals surface area contributed by atoms with E-state index in [0.717, 1.165) is 15.6 Å².